The van der Waals surface area contributed by atoms with Gasteiger partial charge in [0.25, 0.3) is 0 Å². The summed E-state index contributed by atoms with van der Waals surface area (Å²) in [5, 5.41) is 3.55. The summed E-state index contributed by atoms with van der Waals surface area (Å²) in [6.07, 6.45) is 4.18. The van der Waals surface area contributed by atoms with Gasteiger partial charge in [-0.05, 0) is 43.4 Å². The Hall–Kier alpha value is -1.35. The molecule has 1 aliphatic carbocycles. The molecule has 1 fully saturated rings. The fourth-order valence-electron chi connectivity index (χ4n) is 2.73. The molecule has 1 aromatic rings. The van der Waals surface area contributed by atoms with Crippen molar-refractivity contribution in [2.24, 2.45) is 5.92 Å². The number of anilines is 1. The van der Waals surface area contributed by atoms with E-state index in [-0.39, 0.29) is 5.91 Å². The monoisotopic (exact) mass is 258 g/mol. The average Bonchev–Trinajstić information content (AvgIpc) is 3.24. The molecule has 0 spiro atoms. The lowest BCUT2D eigenvalue weighted by atomic mass is 10.00. The number of hydrogen-bond acceptors (Lipinski definition) is 2. The molecular formula is C16H22N2O. The van der Waals surface area contributed by atoms with E-state index in [0.29, 0.717) is 12.3 Å². The number of rotatable bonds is 5. The predicted octanol–water partition coefficient (Wildman–Crippen LogP) is 2.35. The first-order chi connectivity index (χ1) is 9.24. The van der Waals surface area contributed by atoms with Crippen LogP contribution in [0.1, 0.15) is 31.7 Å². The van der Waals surface area contributed by atoms with Crippen molar-refractivity contribution in [3.05, 3.63) is 29.8 Å². The molecule has 3 nitrogen and oxygen atoms in total. The van der Waals surface area contributed by atoms with Crippen LogP contribution in [0.25, 0.3) is 0 Å². The Morgan fingerprint density at radius 3 is 2.89 bits per heavy atom. The van der Waals surface area contributed by atoms with Gasteiger partial charge in [-0.2, -0.15) is 0 Å². The number of fused-ring (bicyclic) bond motifs is 1. The highest BCUT2D eigenvalue weighted by molar-refractivity contribution is 5.96. The third kappa shape index (κ3) is 2.98. The molecule has 1 amide bonds. The van der Waals surface area contributed by atoms with E-state index in [0.717, 1.165) is 31.2 Å². The second-order valence-corrected chi connectivity index (χ2v) is 5.92. The molecule has 1 atom stereocenters. The Labute approximate surface area is 115 Å². The fraction of sp³-hybridized carbons (Fsp3) is 0.562. The second kappa shape index (κ2) is 5.33. The van der Waals surface area contributed by atoms with Gasteiger partial charge in [0, 0.05) is 24.7 Å². The maximum atomic E-state index is 12.1. The van der Waals surface area contributed by atoms with Crippen LogP contribution >= 0.6 is 0 Å². The van der Waals surface area contributed by atoms with Gasteiger partial charge in [0.2, 0.25) is 5.91 Å². The van der Waals surface area contributed by atoms with Gasteiger partial charge < -0.3 is 10.2 Å². The van der Waals surface area contributed by atoms with Crippen molar-refractivity contribution in [2.75, 3.05) is 18.0 Å². The average molecular weight is 258 g/mol. The fourth-order valence-corrected chi connectivity index (χ4v) is 2.73. The lowest BCUT2D eigenvalue weighted by molar-refractivity contribution is -0.119. The van der Waals surface area contributed by atoms with Crippen LogP contribution in [0, 0.1) is 5.92 Å². The largest absolute Gasteiger partial charge is 0.314 e. The molecule has 0 radical (unpaired) electrons. The normalized spacial score (nSPS) is 20.3. The van der Waals surface area contributed by atoms with Gasteiger partial charge in [0.1, 0.15) is 0 Å². The summed E-state index contributed by atoms with van der Waals surface area (Å²) in [5.41, 5.74) is 2.43. The lowest BCUT2D eigenvalue weighted by Gasteiger charge is -2.31. The molecule has 3 rings (SSSR count). The van der Waals surface area contributed by atoms with E-state index in [2.05, 4.69) is 30.4 Å². The zero-order valence-electron chi connectivity index (χ0n) is 11.6. The Morgan fingerprint density at radius 1 is 1.32 bits per heavy atom. The number of nitrogens with one attached hydrogen (secondary N) is 1. The molecule has 1 aromatic carbocycles. The number of benzene rings is 1. The third-order valence-corrected chi connectivity index (χ3v) is 4.02. The Balaban J connectivity index is 1.66. The first-order valence-corrected chi connectivity index (χ1v) is 7.35. The van der Waals surface area contributed by atoms with Gasteiger partial charge in [-0.3, -0.25) is 4.79 Å². The molecule has 19 heavy (non-hydrogen) atoms. The lowest BCUT2D eigenvalue weighted by Crippen LogP contribution is -2.40. The van der Waals surface area contributed by atoms with Crippen molar-refractivity contribution < 1.29 is 4.79 Å². The van der Waals surface area contributed by atoms with Crippen molar-refractivity contribution >= 4 is 11.6 Å². The van der Waals surface area contributed by atoms with E-state index in [9.17, 15) is 4.79 Å². The molecule has 1 heterocycles. The van der Waals surface area contributed by atoms with Crippen LogP contribution in [0.3, 0.4) is 0 Å². The van der Waals surface area contributed by atoms with Gasteiger partial charge in [-0.1, -0.05) is 25.1 Å². The maximum absolute atomic E-state index is 12.1. The number of carbonyl (C=O) groups excluding carboxylic acids is 1. The van der Waals surface area contributed by atoms with Crippen LogP contribution in [0.5, 0.6) is 0 Å². The van der Waals surface area contributed by atoms with E-state index >= 15 is 0 Å². The van der Waals surface area contributed by atoms with Gasteiger partial charge in [-0.25, -0.2) is 0 Å². The van der Waals surface area contributed by atoms with Crippen LogP contribution in [0.15, 0.2) is 24.3 Å². The number of amides is 1. The minimum Gasteiger partial charge on any atom is -0.314 e. The highest BCUT2D eigenvalue weighted by Crippen LogP contribution is 2.28. The molecule has 1 unspecified atom stereocenters. The minimum atomic E-state index is 0.275. The number of carbonyl (C=O) groups is 1. The molecular weight excluding hydrogens is 236 g/mol. The zero-order chi connectivity index (χ0) is 13.2. The molecule has 0 aromatic heterocycles. The van der Waals surface area contributed by atoms with Crippen molar-refractivity contribution in [3.63, 3.8) is 0 Å². The van der Waals surface area contributed by atoms with E-state index in [4.69, 9.17) is 0 Å². The molecule has 0 bridgehead atoms. The first-order valence-electron chi connectivity index (χ1n) is 7.35. The summed E-state index contributed by atoms with van der Waals surface area (Å²) in [5.74, 6) is 0.771. The standard InChI is InChI=1S/C16H22N2O/c1-12(10-17-14-7-8-14)11-18-15-5-3-2-4-13(15)6-9-16(18)19/h2-5,12,14,17H,6-11H2,1H3. The molecule has 1 aliphatic heterocycles. The second-order valence-electron chi connectivity index (χ2n) is 5.92. The smallest absolute Gasteiger partial charge is 0.227 e. The molecule has 2 aliphatic rings. The maximum Gasteiger partial charge on any atom is 0.227 e. The summed E-state index contributed by atoms with van der Waals surface area (Å²) in [6, 6.07) is 9.05. The SMILES string of the molecule is CC(CNC1CC1)CN1C(=O)CCc2ccccc21. The van der Waals surface area contributed by atoms with Crippen molar-refractivity contribution in [3.8, 4) is 0 Å². The van der Waals surface area contributed by atoms with Crippen LogP contribution in [-0.4, -0.2) is 25.0 Å². The Bertz CT molecular complexity index is 468. The van der Waals surface area contributed by atoms with Crippen molar-refractivity contribution in [2.45, 2.75) is 38.6 Å². The van der Waals surface area contributed by atoms with E-state index in [1.165, 1.54) is 18.4 Å². The molecule has 102 valence electrons. The molecule has 0 saturated heterocycles. The number of hydrogen-bond donors (Lipinski definition) is 1. The van der Waals surface area contributed by atoms with Gasteiger partial charge >= 0.3 is 0 Å². The predicted molar refractivity (Wildman–Crippen MR) is 77.3 cm³/mol. The summed E-state index contributed by atoms with van der Waals surface area (Å²) in [7, 11) is 0. The topological polar surface area (TPSA) is 32.3 Å². The third-order valence-electron chi connectivity index (χ3n) is 4.02. The van der Waals surface area contributed by atoms with Crippen LogP contribution in [0.4, 0.5) is 5.69 Å². The van der Waals surface area contributed by atoms with Crippen molar-refractivity contribution in [1.82, 2.24) is 5.32 Å². The summed E-state index contributed by atoms with van der Waals surface area (Å²) in [6.45, 7) is 4.06. The Morgan fingerprint density at radius 2 is 2.11 bits per heavy atom. The zero-order valence-corrected chi connectivity index (χ0v) is 11.6. The van der Waals surface area contributed by atoms with Gasteiger partial charge in [0.15, 0.2) is 0 Å². The quantitative estimate of drug-likeness (QED) is 0.879. The van der Waals surface area contributed by atoms with Crippen molar-refractivity contribution in [1.29, 1.82) is 0 Å². The highest BCUT2D eigenvalue weighted by Gasteiger charge is 2.26. The summed E-state index contributed by atoms with van der Waals surface area (Å²) >= 11 is 0. The highest BCUT2D eigenvalue weighted by atomic mass is 16.2. The minimum absolute atomic E-state index is 0.275. The van der Waals surface area contributed by atoms with E-state index in [1.54, 1.807) is 0 Å². The van der Waals surface area contributed by atoms with Crippen LogP contribution in [-0.2, 0) is 11.2 Å². The summed E-state index contributed by atoms with van der Waals surface area (Å²) in [4.78, 5) is 14.1. The molecule has 1 N–H and O–H groups in total. The van der Waals surface area contributed by atoms with Crippen LogP contribution < -0.4 is 10.2 Å². The number of nitrogens with zero attached hydrogens (tertiary/aromatic N) is 1. The molecule has 1 saturated carbocycles. The van der Waals surface area contributed by atoms with Gasteiger partial charge in [-0.15, -0.1) is 0 Å². The number of para-hydroxylation sites is 1. The summed E-state index contributed by atoms with van der Waals surface area (Å²) < 4.78 is 0. The Kier molecular flexibility index (Phi) is 3.56. The number of aryl methyl sites for hydroxylation is 1. The van der Waals surface area contributed by atoms with Gasteiger partial charge in [0.05, 0.1) is 0 Å². The first kappa shape index (κ1) is 12.7. The van der Waals surface area contributed by atoms with E-state index in [1.807, 2.05) is 11.0 Å². The molecule has 3 heteroatoms. The van der Waals surface area contributed by atoms with E-state index < -0.39 is 0 Å². The van der Waals surface area contributed by atoms with Crippen LogP contribution in [0.2, 0.25) is 0 Å².